The molecule has 0 saturated carbocycles. The van der Waals surface area contributed by atoms with Crippen LogP contribution in [0, 0.1) is 5.82 Å². The molecule has 0 aliphatic carbocycles. The van der Waals surface area contributed by atoms with Crippen LogP contribution in [0.4, 0.5) is 4.39 Å². The number of rotatable bonds is 4. The number of aromatic nitrogens is 1. The first-order chi connectivity index (χ1) is 8.24. The van der Waals surface area contributed by atoms with Gasteiger partial charge in [-0.2, -0.15) is 0 Å². The molecule has 0 unspecified atom stereocenters. The van der Waals surface area contributed by atoms with Gasteiger partial charge in [0.25, 0.3) is 0 Å². The highest BCUT2D eigenvalue weighted by Crippen LogP contribution is 2.32. The maximum atomic E-state index is 13.2. The summed E-state index contributed by atoms with van der Waals surface area (Å²) in [6.45, 7) is 0.0590. The molecule has 1 aromatic heterocycles. The third kappa shape index (κ3) is 2.62. The summed E-state index contributed by atoms with van der Waals surface area (Å²) in [6.07, 6.45) is 0.508. The van der Waals surface area contributed by atoms with Crippen molar-refractivity contribution in [3.63, 3.8) is 0 Å². The number of thiazole rings is 1. The van der Waals surface area contributed by atoms with Gasteiger partial charge in [-0.1, -0.05) is 0 Å². The zero-order valence-electron chi connectivity index (χ0n) is 9.31. The third-order valence-corrected chi connectivity index (χ3v) is 3.24. The van der Waals surface area contributed by atoms with E-state index in [9.17, 15) is 4.39 Å². The fraction of sp³-hybridized carbons (Fsp3) is 0.250. The minimum atomic E-state index is -0.320. The SMILES string of the molecule is COc1ccc(F)cc1-c1nc(CCO)cs1. The molecule has 0 radical (unpaired) electrons. The van der Waals surface area contributed by atoms with Crippen molar-refractivity contribution in [1.29, 1.82) is 0 Å². The molecule has 1 aromatic carbocycles. The summed E-state index contributed by atoms with van der Waals surface area (Å²) in [5.41, 5.74) is 1.44. The summed E-state index contributed by atoms with van der Waals surface area (Å²) in [7, 11) is 1.54. The van der Waals surface area contributed by atoms with Gasteiger partial charge in [0.1, 0.15) is 16.6 Å². The number of aliphatic hydroxyl groups is 1. The average molecular weight is 253 g/mol. The van der Waals surface area contributed by atoms with Crippen molar-refractivity contribution in [3.8, 4) is 16.3 Å². The van der Waals surface area contributed by atoms with Crippen LogP contribution in [-0.4, -0.2) is 23.8 Å². The third-order valence-electron chi connectivity index (χ3n) is 2.31. The quantitative estimate of drug-likeness (QED) is 0.910. The van der Waals surface area contributed by atoms with Crippen molar-refractivity contribution < 1.29 is 14.2 Å². The summed E-state index contributed by atoms with van der Waals surface area (Å²) in [4.78, 5) is 4.33. The van der Waals surface area contributed by atoms with Crippen molar-refractivity contribution in [3.05, 3.63) is 35.1 Å². The monoisotopic (exact) mass is 253 g/mol. The van der Waals surface area contributed by atoms with Gasteiger partial charge in [0, 0.05) is 18.4 Å². The summed E-state index contributed by atoms with van der Waals surface area (Å²) in [5, 5.41) is 11.4. The maximum Gasteiger partial charge on any atom is 0.129 e. The average Bonchev–Trinajstić information content (AvgIpc) is 2.78. The van der Waals surface area contributed by atoms with E-state index in [-0.39, 0.29) is 12.4 Å². The van der Waals surface area contributed by atoms with E-state index in [2.05, 4.69) is 4.98 Å². The zero-order chi connectivity index (χ0) is 12.3. The number of ether oxygens (including phenoxy) is 1. The summed E-state index contributed by atoms with van der Waals surface area (Å²) in [6, 6.07) is 4.34. The number of hydrogen-bond acceptors (Lipinski definition) is 4. The maximum absolute atomic E-state index is 13.2. The molecule has 1 N–H and O–H groups in total. The first-order valence-corrected chi connectivity index (χ1v) is 6.01. The lowest BCUT2D eigenvalue weighted by atomic mass is 10.2. The predicted molar refractivity (Wildman–Crippen MR) is 64.8 cm³/mol. The first-order valence-electron chi connectivity index (χ1n) is 5.13. The molecule has 2 rings (SSSR count). The summed E-state index contributed by atoms with van der Waals surface area (Å²) >= 11 is 1.41. The van der Waals surface area contributed by atoms with E-state index in [0.29, 0.717) is 22.7 Å². The number of hydrogen-bond donors (Lipinski definition) is 1. The minimum absolute atomic E-state index is 0.0590. The predicted octanol–water partition coefficient (Wildman–Crippen LogP) is 2.49. The molecule has 1 heterocycles. The van der Waals surface area contributed by atoms with Crippen LogP contribution in [0.2, 0.25) is 0 Å². The second-order valence-electron chi connectivity index (χ2n) is 3.46. The number of halogens is 1. The van der Waals surface area contributed by atoms with Crippen LogP contribution >= 0.6 is 11.3 Å². The van der Waals surface area contributed by atoms with E-state index in [1.54, 1.807) is 13.2 Å². The number of nitrogens with zero attached hydrogens (tertiary/aromatic N) is 1. The normalized spacial score (nSPS) is 10.5. The number of aliphatic hydroxyl groups excluding tert-OH is 1. The van der Waals surface area contributed by atoms with E-state index >= 15 is 0 Å². The van der Waals surface area contributed by atoms with Crippen LogP contribution in [0.5, 0.6) is 5.75 Å². The second-order valence-corrected chi connectivity index (χ2v) is 4.32. The Hall–Kier alpha value is -1.46. The molecule has 0 aliphatic heterocycles. The fourth-order valence-electron chi connectivity index (χ4n) is 1.51. The molecule has 0 fully saturated rings. The Labute approximate surface area is 103 Å². The Morgan fingerprint density at radius 1 is 1.47 bits per heavy atom. The van der Waals surface area contributed by atoms with E-state index in [0.717, 1.165) is 5.69 Å². The van der Waals surface area contributed by atoms with Gasteiger partial charge in [0.15, 0.2) is 0 Å². The highest BCUT2D eigenvalue weighted by Gasteiger charge is 2.11. The van der Waals surface area contributed by atoms with Crippen molar-refractivity contribution in [2.24, 2.45) is 0 Å². The van der Waals surface area contributed by atoms with Gasteiger partial charge in [0.05, 0.1) is 18.4 Å². The van der Waals surface area contributed by atoms with Crippen molar-refractivity contribution in [1.82, 2.24) is 4.98 Å². The lowest BCUT2D eigenvalue weighted by molar-refractivity contribution is 0.298. The number of benzene rings is 1. The second kappa shape index (κ2) is 5.25. The van der Waals surface area contributed by atoms with Gasteiger partial charge in [0.2, 0.25) is 0 Å². The van der Waals surface area contributed by atoms with Gasteiger partial charge in [-0.05, 0) is 18.2 Å². The van der Waals surface area contributed by atoms with E-state index in [1.165, 1.54) is 23.5 Å². The molecule has 0 atom stereocenters. The Morgan fingerprint density at radius 3 is 3.00 bits per heavy atom. The molecule has 0 saturated heterocycles. The molecule has 0 spiro atoms. The Bertz CT molecular complexity index is 513. The lowest BCUT2D eigenvalue weighted by Crippen LogP contribution is -1.92. The molecule has 0 bridgehead atoms. The molecular weight excluding hydrogens is 241 g/mol. The minimum Gasteiger partial charge on any atom is -0.496 e. The highest BCUT2D eigenvalue weighted by atomic mass is 32.1. The summed E-state index contributed by atoms with van der Waals surface area (Å²) < 4.78 is 18.4. The largest absolute Gasteiger partial charge is 0.496 e. The Morgan fingerprint density at radius 2 is 2.29 bits per heavy atom. The molecule has 0 aliphatic rings. The smallest absolute Gasteiger partial charge is 0.129 e. The molecule has 0 amide bonds. The molecule has 5 heteroatoms. The van der Waals surface area contributed by atoms with Crippen molar-refractivity contribution in [2.45, 2.75) is 6.42 Å². The van der Waals surface area contributed by atoms with E-state index < -0.39 is 0 Å². The van der Waals surface area contributed by atoms with Crippen LogP contribution in [0.3, 0.4) is 0 Å². The van der Waals surface area contributed by atoms with Gasteiger partial charge < -0.3 is 9.84 Å². The molecule has 3 nitrogen and oxygen atoms in total. The van der Waals surface area contributed by atoms with Crippen LogP contribution < -0.4 is 4.74 Å². The Balaban J connectivity index is 2.40. The molecular formula is C12H12FNO2S. The van der Waals surface area contributed by atoms with Crippen LogP contribution in [0.1, 0.15) is 5.69 Å². The molecule has 17 heavy (non-hydrogen) atoms. The van der Waals surface area contributed by atoms with Crippen LogP contribution in [0.25, 0.3) is 10.6 Å². The molecule has 2 aromatic rings. The van der Waals surface area contributed by atoms with E-state index in [4.69, 9.17) is 9.84 Å². The summed E-state index contributed by atoms with van der Waals surface area (Å²) in [5.74, 6) is 0.274. The van der Waals surface area contributed by atoms with E-state index in [1.807, 2.05) is 5.38 Å². The van der Waals surface area contributed by atoms with Crippen molar-refractivity contribution in [2.75, 3.05) is 13.7 Å². The van der Waals surface area contributed by atoms with Crippen LogP contribution in [-0.2, 0) is 6.42 Å². The van der Waals surface area contributed by atoms with Gasteiger partial charge in [-0.3, -0.25) is 0 Å². The molecule has 90 valence electrons. The van der Waals surface area contributed by atoms with Crippen molar-refractivity contribution >= 4 is 11.3 Å². The van der Waals surface area contributed by atoms with Gasteiger partial charge >= 0.3 is 0 Å². The lowest BCUT2D eigenvalue weighted by Gasteiger charge is -2.05. The highest BCUT2D eigenvalue weighted by molar-refractivity contribution is 7.13. The zero-order valence-corrected chi connectivity index (χ0v) is 10.1. The first kappa shape index (κ1) is 12.0. The van der Waals surface area contributed by atoms with Gasteiger partial charge in [-0.25, -0.2) is 9.37 Å². The van der Waals surface area contributed by atoms with Crippen LogP contribution in [0.15, 0.2) is 23.6 Å². The standard InChI is InChI=1S/C12H12FNO2S/c1-16-11-3-2-8(13)6-10(11)12-14-9(4-5-15)7-17-12/h2-3,6-7,15H,4-5H2,1H3. The topological polar surface area (TPSA) is 42.4 Å². The Kier molecular flexibility index (Phi) is 3.71. The van der Waals surface area contributed by atoms with Gasteiger partial charge in [-0.15, -0.1) is 11.3 Å². The fourth-order valence-corrected chi connectivity index (χ4v) is 2.38. The number of methoxy groups -OCH3 is 1.